The van der Waals surface area contributed by atoms with Crippen LogP contribution in [-0.2, 0) is 16.1 Å². The molecule has 0 heterocycles. The monoisotopic (exact) mass is 440 g/mol. The van der Waals surface area contributed by atoms with Crippen molar-refractivity contribution in [3.8, 4) is 11.5 Å². The van der Waals surface area contributed by atoms with Crippen molar-refractivity contribution in [1.29, 1.82) is 0 Å². The lowest BCUT2D eigenvalue weighted by molar-refractivity contribution is -0.143. The van der Waals surface area contributed by atoms with E-state index in [0.717, 1.165) is 23.3 Å². The van der Waals surface area contributed by atoms with Crippen LogP contribution in [0.3, 0.4) is 0 Å². The topological polar surface area (TPSA) is 67.9 Å². The van der Waals surface area contributed by atoms with Gasteiger partial charge >= 0.3 is 0 Å². The third-order valence-corrected chi connectivity index (χ3v) is 5.34. The minimum absolute atomic E-state index is 0.128. The molecule has 0 aliphatic heterocycles. The van der Waals surface area contributed by atoms with Gasteiger partial charge in [-0.1, -0.05) is 58.0 Å². The van der Waals surface area contributed by atoms with Crippen LogP contribution in [0.25, 0.3) is 0 Å². The lowest BCUT2D eigenvalue weighted by Gasteiger charge is -2.30. The summed E-state index contributed by atoms with van der Waals surface area (Å²) < 4.78 is 11.2. The van der Waals surface area contributed by atoms with Gasteiger partial charge in [-0.15, -0.1) is 0 Å². The number of hydrogen-bond donors (Lipinski definition) is 1. The number of benzene rings is 2. The Hall–Kier alpha value is -3.02. The molecule has 32 heavy (non-hydrogen) atoms. The first-order valence-corrected chi connectivity index (χ1v) is 11.3. The Labute approximate surface area is 191 Å². The molecule has 0 bridgehead atoms. The number of amides is 2. The number of rotatable bonds is 12. The van der Waals surface area contributed by atoms with Gasteiger partial charge in [0, 0.05) is 13.1 Å². The molecule has 0 aromatic heterocycles. The van der Waals surface area contributed by atoms with Gasteiger partial charge in [-0.25, -0.2) is 0 Å². The van der Waals surface area contributed by atoms with E-state index in [1.807, 2.05) is 62.4 Å². The van der Waals surface area contributed by atoms with Gasteiger partial charge in [0.25, 0.3) is 5.91 Å². The number of nitrogens with zero attached hydrogens (tertiary/aromatic N) is 1. The molecule has 174 valence electrons. The molecule has 0 saturated carbocycles. The minimum atomic E-state index is -0.569. The number of carbonyl (C=O) groups is 2. The highest BCUT2D eigenvalue weighted by molar-refractivity contribution is 5.88. The average Bonchev–Trinajstić information content (AvgIpc) is 2.81. The quantitative estimate of drug-likeness (QED) is 0.526. The molecule has 0 saturated heterocycles. The standard InChI is InChI=1S/C26H36N2O4/c1-6-16-27-26(30)23(7-2)28(17-20-12-14-21(31-5)15-13-20)25(29)18-32-24-11-9-8-10-22(24)19(3)4/h8-15,19,23H,6-7,16-18H2,1-5H3,(H,27,30). The highest BCUT2D eigenvalue weighted by atomic mass is 16.5. The van der Waals surface area contributed by atoms with Crippen molar-refractivity contribution in [2.75, 3.05) is 20.3 Å². The van der Waals surface area contributed by atoms with E-state index < -0.39 is 6.04 Å². The summed E-state index contributed by atoms with van der Waals surface area (Å²) in [4.78, 5) is 27.7. The van der Waals surface area contributed by atoms with Crippen molar-refractivity contribution in [1.82, 2.24) is 10.2 Å². The predicted octanol–water partition coefficient (Wildman–Crippen LogP) is 4.53. The molecule has 6 nitrogen and oxygen atoms in total. The van der Waals surface area contributed by atoms with Gasteiger partial charge < -0.3 is 19.7 Å². The van der Waals surface area contributed by atoms with Crippen LogP contribution in [0.2, 0.25) is 0 Å². The SMILES string of the molecule is CCCNC(=O)C(CC)N(Cc1ccc(OC)cc1)C(=O)COc1ccccc1C(C)C. The van der Waals surface area contributed by atoms with Crippen molar-refractivity contribution in [2.45, 2.75) is 59.0 Å². The maximum Gasteiger partial charge on any atom is 0.261 e. The Morgan fingerprint density at radius 2 is 1.72 bits per heavy atom. The Kier molecular flexibility index (Phi) is 10.1. The Morgan fingerprint density at radius 1 is 1.03 bits per heavy atom. The fourth-order valence-electron chi connectivity index (χ4n) is 3.52. The largest absolute Gasteiger partial charge is 0.497 e. The maximum atomic E-state index is 13.3. The first kappa shape index (κ1) is 25.2. The van der Waals surface area contributed by atoms with Crippen LogP contribution in [-0.4, -0.2) is 43.0 Å². The summed E-state index contributed by atoms with van der Waals surface area (Å²) >= 11 is 0. The maximum absolute atomic E-state index is 13.3. The van der Waals surface area contributed by atoms with Crippen LogP contribution >= 0.6 is 0 Å². The van der Waals surface area contributed by atoms with Gasteiger partial charge in [0.2, 0.25) is 5.91 Å². The van der Waals surface area contributed by atoms with E-state index >= 15 is 0 Å². The van der Waals surface area contributed by atoms with Gasteiger partial charge in [0.05, 0.1) is 7.11 Å². The molecule has 2 rings (SSSR count). The van der Waals surface area contributed by atoms with Gasteiger partial charge in [-0.2, -0.15) is 0 Å². The number of ether oxygens (including phenoxy) is 2. The molecule has 6 heteroatoms. The van der Waals surface area contributed by atoms with Crippen molar-refractivity contribution < 1.29 is 19.1 Å². The van der Waals surface area contributed by atoms with Crippen molar-refractivity contribution in [3.63, 3.8) is 0 Å². The van der Waals surface area contributed by atoms with Crippen LogP contribution in [0.15, 0.2) is 48.5 Å². The van der Waals surface area contributed by atoms with Crippen molar-refractivity contribution in [3.05, 3.63) is 59.7 Å². The number of para-hydroxylation sites is 1. The van der Waals surface area contributed by atoms with Crippen LogP contribution in [0.4, 0.5) is 0 Å². The molecule has 2 aromatic rings. The molecule has 2 aromatic carbocycles. The highest BCUT2D eigenvalue weighted by Crippen LogP contribution is 2.26. The molecule has 0 radical (unpaired) electrons. The van der Waals surface area contributed by atoms with Crippen LogP contribution in [0.1, 0.15) is 57.6 Å². The zero-order valence-corrected chi connectivity index (χ0v) is 19.9. The highest BCUT2D eigenvalue weighted by Gasteiger charge is 2.29. The molecule has 1 unspecified atom stereocenters. The summed E-state index contributed by atoms with van der Waals surface area (Å²) in [6.45, 7) is 8.86. The number of nitrogens with one attached hydrogen (secondary N) is 1. The third-order valence-electron chi connectivity index (χ3n) is 5.34. The molecular weight excluding hydrogens is 404 g/mol. The van der Waals surface area contributed by atoms with E-state index in [-0.39, 0.29) is 24.3 Å². The second-order valence-electron chi connectivity index (χ2n) is 8.07. The molecule has 0 aliphatic rings. The lowest BCUT2D eigenvalue weighted by Crippen LogP contribution is -2.50. The predicted molar refractivity (Wildman–Crippen MR) is 127 cm³/mol. The average molecular weight is 441 g/mol. The van der Waals surface area contributed by atoms with Gasteiger partial charge in [-0.3, -0.25) is 9.59 Å². The zero-order valence-electron chi connectivity index (χ0n) is 19.9. The van der Waals surface area contributed by atoms with Crippen LogP contribution in [0, 0.1) is 0 Å². The fraction of sp³-hybridized carbons (Fsp3) is 0.462. The smallest absolute Gasteiger partial charge is 0.261 e. The first-order chi connectivity index (χ1) is 15.4. The van der Waals surface area contributed by atoms with Crippen molar-refractivity contribution in [2.24, 2.45) is 0 Å². The number of carbonyl (C=O) groups excluding carboxylic acids is 2. The first-order valence-electron chi connectivity index (χ1n) is 11.3. The Morgan fingerprint density at radius 3 is 2.31 bits per heavy atom. The third kappa shape index (κ3) is 7.01. The van der Waals surface area contributed by atoms with E-state index in [1.54, 1.807) is 12.0 Å². The zero-order chi connectivity index (χ0) is 23.5. The summed E-state index contributed by atoms with van der Waals surface area (Å²) in [5, 5.41) is 2.93. The number of methoxy groups -OCH3 is 1. The Bertz CT molecular complexity index is 864. The molecule has 0 spiro atoms. The minimum Gasteiger partial charge on any atom is -0.497 e. The normalized spacial score (nSPS) is 11.7. The van der Waals surface area contributed by atoms with Gasteiger partial charge in [0.15, 0.2) is 6.61 Å². The summed E-state index contributed by atoms with van der Waals surface area (Å²) in [7, 11) is 1.61. The van der Waals surface area contributed by atoms with E-state index in [4.69, 9.17) is 9.47 Å². The fourth-order valence-corrected chi connectivity index (χ4v) is 3.52. The van der Waals surface area contributed by atoms with Crippen LogP contribution < -0.4 is 14.8 Å². The second kappa shape index (κ2) is 12.7. The molecule has 2 amide bonds. The van der Waals surface area contributed by atoms with Gasteiger partial charge in [-0.05, 0) is 48.1 Å². The van der Waals surface area contributed by atoms with Crippen LogP contribution in [0.5, 0.6) is 11.5 Å². The second-order valence-corrected chi connectivity index (χ2v) is 8.07. The molecule has 1 N–H and O–H groups in total. The van der Waals surface area contributed by atoms with Gasteiger partial charge in [0.1, 0.15) is 17.5 Å². The summed E-state index contributed by atoms with van der Waals surface area (Å²) in [5.74, 6) is 1.35. The van der Waals surface area contributed by atoms with E-state index in [0.29, 0.717) is 25.3 Å². The van der Waals surface area contributed by atoms with E-state index in [9.17, 15) is 9.59 Å². The number of hydrogen-bond acceptors (Lipinski definition) is 4. The summed E-state index contributed by atoms with van der Waals surface area (Å²) in [6.07, 6.45) is 1.35. The molecule has 0 aliphatic carbocycles. The van der Waals surface area contributed by atoms with E-state index in [1.165, 1.54) is 0 Å². The summed E-state index contributed by atoms with van der Waals surface area (Å²) in [5.41, 5.74) is 1.97. The lowest BCUT2D eigenvalue weighted by atomic mass is 10.0. The Balaban J connectivity index is 2.23. The molecular formula is C26H36N2O4. The summed E-state index contributed by atoms with van der Waals surface area (Å²) in [6, 6.07) is 14.7. The van der Waals surface area contributed by atoms with Crippen molar-refractivity contribution >= 4 is 11.8 Å². The van der Waals surface area contributed by atoms with E-state index in [2.05, 4.69) is 19.2 Å². The molecule has 1 atom stereocenters. The molecule has 0 fully saturated rings.